The summed E-state index contributed by atoms with van der Waals surface area (Å²) >= 11 is 1.16. The highest BCUT2D eigenvalue weighted by molar-refractivity contribution is 7.09. The summed E-state index contributed by atoms with van der Waals surface area (Å²) in [5.74, 6) is -3.58. The van der Waals surface area contributed by atoms with Gasteiger partial charge in [0.25, 0.3) is 11.8 Å². The predicted octanol–water partition coefficient (Wildman–Crippen LogP) is 1.33. The number of hydrogen-bond donors (Lipinski definition) is 4. The van der Waals surface area contributed by atoms with Crippen LogP contribution in [0.4, 0.5) is 0 Å². The molecule has 0 spiro atoms. The van der Waals surface area contributed by atoms with Crippen molar-refractivity contribution in [2.24, 2.45) is 5.92 Å². The third-order valence-electron chi connectivity index (χ3n) is 8.56. The lowest BCUT2D eigenvalue weighted by atomic mass is 10.0. The van der Waals surface area contributed by atoms with Gasteiger partial charge in [-0.1, -0.05) is 44.2 Å². The van der Waals surface area contributed by atoms with Gasteiger partial charge < -0.3 is 40.5 Å². The fourth-order valence-electron chi connectivity index (χ4n) is 5.52. The number of pyridine rings is 1. The van der Waals surface area contributed by atoms with Crippen LogP contribution in [-0.2, 0) is 25.6 Å². The first-order valence-electron chi connectivity index (χ1n) is 17.1. The predicted molar refractivity (Wildman–Crippen MR) is 195 cm³/mol. The molecule has 0 aliphatic carbocycles. The highest BCUT2D eigenvalue weighted by Gasteiger charge is 2.32. The van der Waals surface area contributed by atoms with Crippen LogP contribution >= 0.6 is 11.3 Å². The summed E-state index contributed by atoms with van der Waals surface area (Å²) in [5.41, 5.74) is 0.981. The van der Waals surface area contributed by atoms with Gasteiger partial charge in [0, 0.05) is 31.6 Å². The zero-order valence-corrected chi connectivity index (χ0v) is 31.6. The molecule has 1 aliphatic rings. The van der Waals surface area contributed by atoms with Gasteiger partial charge >= 0.3 is 0 Å². The first kappa shape index (κ1) is 40.2. The zero-order chi connectivity index (χ0) is 38.8. The first-order valence-corrected chi connectivity index (χ1v) is 17.9. The first-order chi connectivity index (χ1) is 25.2. The van der Waals surface area contributed by atoms with Crippen LogP contribution in [0.1, 0.15) is 65.2 Å². The van der Waals surface area contributed by atoms with E-state index in [-0.39, 0.29) is 42.0 Å². The number of amides is 6. The highest BCUT2D eigenvalue weighted by Crippen LogP contribution is 2.24. The monoisotopic (exact) mass is 750 g/mol. The number of aromatic nitrogens is 2. The van der Waals surface area contributed by atoms with Gasteiger partial charge in [-0.15, -0.1) is 11.3 Å². The molecule has 4 N–H and O–H groups in total. The van der Waals surface area contributed by atoms with E-state index in [4.69, 9.17) is 9.47 Å². The largest absolute Gasteiger partial charge is 0.481 e. The molecule has 4 atom stereocenters. The van der Waals surface area contributed by atoms with Crippen molar-refractivity contribution in [2.75, 3.05) is 40.9 Å². The Hall–Kier alpha value is -5.58. The molecule has 0 saturated carbocycles. The molecule has 1 aromatic carbocycles. The number of ether oxygens (including phenoxy) is 2. The molecule has 53 heavy (non-hydrogen) atoms. The van der Waals surface area contributed by atoms with Crippen LogP contribution in [0, 0.1) is 5.92 Å². The molecule has 3 heterocycles. The van der Waals surface area contributed by atoms with Gasteiger partial charge in [0.2, 0.25) is 35.4 Å². The quantitative estimate of drug-likeness (QED) is 0.285. The molecule has 0 fully saturated rings. The normalized spacial score (nSPS) is 21.2. The molecule has 17 heteroatoms. The van der Waals surface area contributed by atoms with E-state index in [9.17, 15) is 28.8 Å². The number of methoxy groups -OCH3 is 2. The molecule has 2 aromatic heterocycles. The second-order valence-corrected chi connectivity index (χ2v) is 13.8. The fourth-order valence-corrected chi connectivity index (χ4v) is 6.37. The highest BCUT2D eigenvalue weighted by atomic mass is 32.1. The number of carbonyl (C=O) groups is 6. The van der Waals surface area contributed by atoms with Crippen molar-refractivity contribution in [1.82, 2.24) is 41.0 Å². The second kappa shape index (κ2) is 18.3. The van der Waals surface area contributed by atoms with E-state index >= 15 is 0 Å². The van der Waals surface area contributed by atoms with E-state index in [1.807, 2.05) is 30.3 Å². The van der Waals surface area contributed by atoms with Gasteiger partial charge in [0.1, 0.15) is 34.4 Å². The van der Waals surface area contributed by atoms with Crippen LogP contribution in [0.2, 0.25) is 0 Å². The van der Waals surface area contributed by atoms with E-state index in [2.05, 4.69) is 31.2 Å². The summed E-state index contributed by atoms with van der Waals surface area (Å²) in [5, 5.41) is 12.9. The van der Waals surface area contributed by atoms with E-state index in [1.165, 1.54) is 62.4 Å². The Bertz CT molecular complexity index is 1800. The summed E-state index contributed by atoms with van der Waals surface area (Å²) in [4.78, 5) is 92.4. The standard InChI is InChI=1S/C36H46N8O8S/c1-20(2)29-32(48)38-22(4)35(49)43(5)15-16-44(36(50)24-13-14-28(51-6)41-33(24)52-7)18-27(45)39-25(17-23-11-9-8-10-12-23)34-40-26(19-53-34)31(47)37-21(3)30(46)42-29/h8-14,19-22,25,29H,15-18H2,1-7H3,(H,37,47)(H,38,48)(H,39,45)(H,42,46)/t21-,22+,25-,29-/m0/s1. The average Bonchev–Trinajstić information content (AvgIpc) is 3.64. The molecule has 16 nitrogen and oxygen atoms in total. The van der Waals surface area contributed by atoms with Crippen molar-refractivity contribution in [1.29, 1.82) is 0 Å². The molecule has 1 aliphatic heterocycles. The van der Waals surface area contributed by atoms with Crippen LogP contribution in [0.15, 0.2) is 47.8 Å². The number of benzene rings is 1. The smallest absolute Gasteiger partial charge is 0.271 e. The number of nitrogens with zero attached hydrogens (tertiary/aromatic N) is 4. The molecule has 3 aromatic rings. The fraction of sp³-hybridized carbons (Fsp3) is 0.444. The Balaban J connectivity index is 1.72. The number of carbonyl (C=O) groups excluding carboxylic acids is 6. The Kier molecular flexibility index (Phi) is 13.8. The van der Waals surface area contributed by atoms with Crippen molar-refractivity contribution in [3.63, 3.8) is 0 Å². The van der Waals surface area contributed by atoms with Crippen molar-refractivity contribution in [3.8, 4) is 11.8 Å². The SMILES string of the molecule is COc1ccc(C(=O)N2CCN(C)C(=O)[C@@H](C)NC(=O)[C@H](C(C)C)NC(=O)[C@H](C)NC(=O)c3csc(n3)[C@H](Cc3ccccc3)NC(=O)C2)c(OC)n1. The summed E-state index contributed by atoms with van der Waals surface area (Å²) in [6, 6.07) is 8.58. The Morgan fingerprint density at radius 1 is 0.887 bits per heavy atom. The van der Waals surface area contributed by atoms with Crippen LogP contribution in [-0.4, -0.2) is 114 Å². The van der Waals surface area contributed by atoms with Gasteiger partial charge in [0.05, 0.1) is 26.8 Å². The minimum absolute atomic E-state index is 0.0110. The Labute approximate surface area is 312 Å². The number of likely N-dealkylation sites (N-methyl/N-ethyl adjacent to an activating group) is 1. The average molecular weight is 751 g/mol. The number of thiazole rings is 1. The maximum atomic E-state index is 14.0. The van der Waals surface area contributed by atoms with Gasteiger partial charge in [-0.05, 0) is 37.8 Å². The maximum absolute atomic E-state index is 14.0. The molecule has 4 rings (SSSR count). The number of hydrogen-bond acceptors (Lipinski definition) is 11. The van der Waals surface area contributed by atoms with Gasteiger partial charge in [-0.3, -0.25) is 28.8 Å². The lowest BCUT2D eigenvalue weighted by Crippen LogP contribution is -2.57. The lowest BCUT2D eigenvalue weighted by Gasteiger charge is -2.29. The van der Waals surface area contributed by atoms with Crippen LogP contribution in [0.25, 0.3) is 0 Å². The third-order valence-corrected chi connectivity index (χ3v) is 9.52. The van der Waals surface area contributed by atoms with Crippen molar-refractivity contribution >= 4 is 46.8 Å². The number of rotatable bonds is 6. The van der Waals surface area contributed by atoms with Gasteiger partial charge in [-0.25, -0.2) is 4.98 Å². The Morgan fingerprint density at radius 3 is 2.26 bits per heavy atom. The van der Waals surface area contributed by atoms with E-state index in [0.717, 1.165) is 16.9 Å². The van der Waals surface area contributed by atoms with E-state index < -0.39 is 66.2 Å². The van der Waals surface area contributed by atoms with Crippen molar-refractivity contribution < 1.29 is 38.2 Å². The maximum Gasteiger partial charge on any atom is 0.271 e. The van der Waals surface area contributed by atoms with Gasteiger partial charge in [-0.2, -0.15) is 4.98 Å². The summed E-state index contributed by atoms with van der Waals surface area (Å²) in [7, 11) is 4.29. The van der Waals surface area contributed by atoms with Crippen molar-refractivity contribution in [3.05, 3.63) is 69.7 Å². The molecule has 6 amide bonds. The molecular weight excluding hydrogens is 705 g/mol. The topological polar surface area (TPSA) is 201 Å². The number of nitrogens with one attached hydrogen (secondary N) is 4. The van der Waals surface area contributed by atoms with Crippen LogP contribution in [0.3, 0.4) is 0 Å². The molecule has 0 unspecified atom stereocenters. The van der Waals surface area contributed by atoms with Crippen LogP contribution in [0.5, 0.6) is 11.8 Å². The number of fused-ring (bicyclic) bond motifs is 2. The minimum Gasteiger partial charge on any atom is -0.481 e. The third kappa shape index (κ3) is 10.5. The molecule has 2 bridgehead atoms. The zero-order valence-electron chi connectivity index (χ0n) is 30.8. The summed E-state index contributed by atoms with van der Waals surface area (Å²) in [6.45, 7) is 5.95. The van der Waals surface area contributed by atoms with Crippen LogP contribution < -0.4 is 30.7 Å². The molecule has 0 saturated heterocycles. The second-order valence-electron chi connectivity index (χ2n) is 12.9. The molecule has 284 valence electrons. The summed E-state index contributed by atoms with van der Waals surface area (Å²) < 4.78 is 10.5. The molecular formula is C36H46N8O8S. The van der Waals surface area contributed by atoms with Crippen molar-refractivity contribution in [2.45, 2.75) is 58.3 Å². The van der Waals surface area contributed by atoms with Gasteiger partial charge in [0.15, 0.2) is 0 Å². The minimum atomic E-state index is -1.04. The summed E-state index contributed by atoms with van der Waals surface area (Å²) in [6.07, 6.45) is 0.316. The lowest BCUT2D eigenvalue weighted by molar-refractivity contribution is -0.136. The Morgan fingerprint density at radius 2 is 1.60 bits per heavy atom. The molecule has 0 radical (unpaired) electrons. The van der Waals surface area contributed by atoms with E-state index in [0.29, 0.717) is 11.4 Å². The van der Waals surface area contributed by atoms with E-state index in [1.54, 1.807) is 13.8 Å².